The summed E-state index contributed by atoms with van der Waals surface area (Å²) in [6.45, 7) is 4.50. The van der Waals surface area contributed by atoms with Gasteiger partial charge in [0.15, 0.2) is 6.29 Å². The van der Waals surface area contributed by atoms with Crippen molar-refractivity contribution in [2.75, 3.05) is 19.8 Å². The predicted octanol–water partition coefficient (Wildman–Crippen LogP) is 1.29. The summed E-state index contributed by atoms with van der Waals surface area (Å²) in [4.78, 5) is 11.2. The molecular formula is C10H17FO4. The summed E-state index contributed by atoms with van der Waals surface area (Å²) in [6, 6.07) is 0. The van der Waals surface area contributed by atoms with Crippen LogP contribution >= 0.6 is 0 Å². The highest BCUT2D eigenvalue weighted by Crippen LogP contribution is 2.27. The van der Waals surface area contributed by atoms with Crippen LogP contribution in [0.15, 0.2) is 0 Å². The smallest absolute Gasteiger partial charge is 0.341 e. The third-order valence-corrected chi connectivity index (χ3v) is 2.30. The van der Waals surface area contributed by atoms with Gasteiger partial charge in [0.1, 0.15) is 0 Å². The molecule has 0 N–H and O–H groups in total. The van der Waals surface area contributed by atoms with Crippen molar-refractivity contribution in [2.45, 2.75) is 32.7 Å². The summed E-state index contributed by atoms with van der Waals surface area (Å²) in [5.74, 6) is -1.36. The van der Waals surface area contributed by atoms with Crippen molar-refractivity contribution in [1.82, 2.24) is 0 Å². The van der Waals surface area contributed by atoms with Crippen LogP contribution in [-0.4, -0.2) is 38.3 Å². The predicted molar refractivity (Wildman–Crippen MR) is 51.0 cm³/mol. The monoisotopic (exact) mass is 220 g/mol. The molecule has 0 bridgehead atoms. The van der Waals surface area contributed by atoms with Crippen LogP contribution in [0.4, 0.5) is 4.39 Å². The summed E-state index contributed by atoms with van der Waals surface area (Å²) in [7, 11) is 0. The van der Waals surface area contributed by atoms with Gasteiger partial charge in [-0.15, -0.1) is 0 Å². The maximum absolute atomic E-state index is 13.6. The second-order valence-corrected chi connectivity index (χ2v) is 3.30. The fourth-order valence-electron chi connectivity index (χ4n) is 1.60. The normalized spacial score (nSPS) is 27.7. The molecule has 1 aliphatic heterocycles. The van der Waals surface area contributed by atoms with Crippen LogP contribution in [0.1, 0.15) is 20.3 Å². The van der Waals surface area contributed by atoms with E-state index in [-0.39, 0.29) is 6.61 Å². The lowest BCUT2D eigenvalue weighted by Crippen LogP contribution is -2.34. The zero-order valence-electron chi connectivity index (χ0n) is 9.07. The summed E-state index contributed by atoms with van der Waals surface area (Å²) in [5.41, 5.74) is 0. The minimum Gasteiger partial charge on any atom is -0.464 e. The molecule has 2 unspecified atom stereocenters. The first kappa shape index (κ1) is 12.4. The quantitative estimate of drug-likeness (QED) is 0.655. The lowest BCUT2D eigenvalue weighted by Gasteiger charge is -2.20. The molecule has 0 aromatic rings. The SMILES string of the molecule is CCOC(=O)C(F)[C@@H]1CCOC1OCC. The van der Waals surface area contributed by atoms with E-state index in [1.807, 2.05) is 0 Å². The van der Waals surface area contributed by atoms with Crippen LogP contribution in [-0.2, 0) is 19.0 Å². The van der Waals surface area contributed by atoms with Crippen molar-refractivity contribution < 1.29 is 23.4 Å². The Hall–Kier alpha value is -0.680. The molecule has 4 nitrogen and oxygen atoms in total. The molecule has 15 heavy (non-hydrogen) atoms. The molecule has 1 heterocycles. The Morgan fingerprint density at radius 2 is 2.27 bits per heavy atom. The molecule has 1 rings (SSSR count). The van der Waals surface area contributed by atoms with Crippen LogP contribution in [0.3, 0.4) is 0 Å². The topological polar surface area (TPSA) is 44.8 Å². The Morgan fingerprint density at radius 1 is 1.53 bits per heavy atom. The molecule has 1 saturated heterocycles. The molecule has 5 heteroatoms. The maximum Gasteiger partial charge on any atom is 0.341 e. The number of carbonyl (C=O) groups excluding carboxylic acids is 1. The molecule has 1 fully saturated rings. The van der Waals surface area contributed by atoms with Crippen LogP contribution in [0, 0.1) is 5.92 Å². The van der Waals surface area contributed by atoms with Gasteiger partial charge in [0, 0.05) is 6.61 Å². The van der Waals surface area contributed by atoms with Gasteiger partial charge in [0.05, 0.1) is 19.1 Å². The number of halogens is 1. The Morgan fingerprint density at radius 3 is 2.87 bits per heavy atom. The number of carbonyl (C=O) groups is 1. The van der Waals surface area contributed by atoms with E-state index >= 15 is 0 Å². The van der Waals surface area contributed by atoms with Gasteiger partial charge in [-0.2, -0.15) is 0 Å². The molecule has 0 saturated carbocycles. The molecule has 0 radical (unpaired) electrons. The first-order valence-electron chi connectivity index (χ1n) is 5.24. The van der Waals surface area contributed by atoms with E-state index in [9.17, 15) is 9.18 Å². The lowest BCUT2D eigenvalue weighted by atomic mass is 10.0. The number of rotatable bonds is 5. The summed E-state index contributed by atoms with van der Waals surface area (Å²) >= 11 is 0. The Labute approximate surface area is 88.7 Å². The van der Waals surface area contributed by atoms with Crippen molar-refractivity contribution in [1.29, 1.82) is 0 Å². The minimum atomic E-state index is -1.65. The van der Waals surface area contributed by atoms with E-state index in [0.717, 1.165) is 0 Å². The van der Waals surface area contributed by atoms with E-state index in [2.05, 4.69) is 4.74 Å². The third kappa shape index (κ3) is 3.14. The average Bonchev–Trinajstić information content (AvgIpc) is 2.66. The van der Waals surface area contributed by atoms with Gasteiger partial charge in [-0.3, -0.25) is 0 Å². The largest absolute Gasteiger partial charge is 0.464 e. The second-order valence-electron chi connectivity index (χ2n) is 3.30. The highest BCUT2D eigenvalue weighted by Gasteiger charge is 2.40. The molecular weight excluding hydrogens is 203 g/mol. The number of alkyl halides is 1. The first-order valence-corrected chi connectivity index (χ1v) is 5.24. The van der Waals surface area contributed by atoms with Gasteiger partial charge in [-0.1, -0.05) is 0 Å². The molecule has 0 aliphatic carbocycles. The first-order chi connectivity index (χ1) is 7.20. The minimum absolute atomic E-state index is 0.187. The Kier molecular flexibility index (Phi) is 4.98. The zero-order chi connectivity index (χ0) is 11.3. The number of ether oxygens (including phenoxy) is 3. The zero-order valence-corrected chi connectivity index (χ0v) is 9.07. The standard InChI is InChI=1S/C10H17FO4/c1-3-13-9(12)8(11)7-5-6-15-10(7)14-4-2/h7-8,10H,3-6H2,1-2H3/t7-,8?,10?/m0/s1. The van der Waals surface area contributed by atoms with Gasteiger partial charge in [-0.05, 0) is 20.3 Å². The van der Waals surface area contributed by atoms with Crippen molar-refractivity contribution in [2.24, 2.45) is 5.92 Å². The summed E-state index contributed by atoms with van der Waals surface area (Å²) in [6.07, 6.45) is -1.77. The van der Waals surface area contributed by atoms with Gasteiger partial charge >= 0.3 is 5.97 Å². The lowest BCUT2D eigenvalue weighted by molar-refractivity contribution is -0.165. The van der Waals surface area contributed by atoms with Gasteiger partial charge in [0.2, 0.25) is 6.17 Å². The van der Waals surface area contributed by atoms with Crippen molar-refractivity contribution in [3.05, 3.63) is 0 Å². The Balaban J connectivity index is 2.49. The Bertz CT molecular complexity index is 210. The van der Waals surface area contributed by atoms with Crippen molar-refractivity contribution >= 4 is 5.97 Å². The van der Waals surface area contributed by atoms with Crippen molar-refractivity contribution in [3.8, 4) is 0 Å². The highest BCUT2D eigenvalue weighted by molar-refractivity contribution is 5.75. The van der Waals surface area contributed by atoms with Crippen LogP contribution in [0.5, 0.6) is 0 Å². The van der Waals surface area contributed by atoms with Crippen LogP contribution in [0.25, 0.3) is 0 Å². The maximum atomic E-state index is 13.6. The molecule has 0 aromatic carbocycles. The van der Waals surface area contributed by atoms with Gasteiger partial charge < -0.3 is 14.2 Å². The molecule has 0 spiro atoms. The summed E-state index contributed by atoms with van der Waals surface area (Å²) in [5, 5.41) is 0. The highest BCUT2D eigenvalue weighted by atomic mass is 19.1. The number of hydrogen-bond donors (Lipinski definition) is 0. The second kappa shape index (κ2) is 6.02. The van der Waals surface area contributed by atoms with Crippen LogP contribution < -0.4 is 0 Å². The van der Waals surface area contributed by atoms with Gasteiger partial charge in [-0.25, -0.2) is 9.18 Å². The fraction of sp³-hybridized carbons (Fsp3) is 0.900. The molecule has 88 valence electrons. The number of esters is 1. The van der Waals surface area contributed by atoms with Gasteiger partial charge in [0.25, 0.3) is 0 Å². The molecule has 1 aliphatic rings. The fourth-order valence-corrected chi connectivity index (χ4v) is 1.60. The molecule has 0 amide bonds. The molecule has 0 aromatic heterocycles. The third-order valence-electron chi connectivity index (χ3n) is 2.30. The van der Waals surface area contributed by atoms with Crippen molar-refractivity contribution in [3.63, 3.8) is 0 Å². The van der Waals surface area contributed by atoms with E-state index in [1.54, 1.807) is 13.8 Å². The van der Waals surface area contributed by atoms with E-state index in [0.29, 0.717) is 19.6 Å². The average molecular weight is 220 g/mol. The van der Waals surface area contributed by atoms with E-state index in [1.165, 1.54) is 0 Å². The van der Waals surface area contributed by atoms with Crippen LogP contribution in [0.2, 0.25) is 0 Å². The molecule has 3 atom stereocenters. The van der Waals surface area contributed by atoms with E-state index in [4.69, 9.17) is 9.47 Å². The van der Waals surface area contributed by atoms with E-state index < -0.39 is 24.3 Å². The number of hydrogen-bond acceptors (Lipinski definition) is 4. The summed E-state index contributed by atoms with van der Waals surface area (Å²) < 4.78 is 28.6.